The number of nitrogens with zero attached hydrogens (tertiary/aromatic N) is 3. The molecule has 0 bridgehead atoms. The summed E-state index contributed by atoms with van der Waals surface area (Å²) < 4.78 is 9.83. The number of benzene rings is 2. The molecule has 1 aromatic heterocycles. The highest BCUT2D eigenvalue weighted by molar-refractivity contribution is 7.18. The first-order valence-electron chi connectivity index (χ1n) is 12.6. The summed E-state index contributed by atoms with van der Waals surface area (Å²) in [6.07, 6.45) is 4.37. The van der Waals surface area contributed by atoms with Crippen LogP contribution >= 0.6 is 11.1 Å². The van der Waals surface area contributed by atoms with Crippen molar-refractivity contribution in [2.24, 2.45) is 4.66 Å². The number of imidazole rings is 1. The van der Waals surface area contributed by atoms with Gasteiger partial charge in [0.05, 0.1) is 11.4 Å². The molecule has 0 radical (unpaired) electrons. The van der Waals surface area contributed by atoms with Crippen LogP contribution in [0, 0.1) is 0 Å². The van der Waals surface area contributed by atoms with Crippen LogP contribution in [0.4, 0.5) is 0 Å². The molecule has 5 heteroatoms. The minimum absolute atomic E-state index is 0.396. The van der Waals surface area contributed by atoms with Crippen molar-refractivity contribution < 1.29 is 0 Å². The Labute approximate surface area is 212 Å². The second-order valence-corrected chi connectivity index (χ2v) is 16.9. The van der Waals surface area contributed by atoms with Crippen molar-refractivity contribution in [3.05, 3.63) is 76.7 Å². The average Bonchev–Trinajstić information content (AvgIpc) is 3.13. The highest BCUT2D eigenvalue weighted by Crippen LogP contribution is 2.33. The van der Waals surface area contributed by atoms with Gasteiger partial charge in [-0.25, -0.2) is 0 Å². The fraction of sp³-hybridized carbons (Fsp3) is 0.483. The summed E-state index contributed by atoms with van der Waals surface area (Å²) in [7, 11) is -2.31. The van der Waals surface area contributed by atoms with Gasteiger partial charge >= 0.3 is 0 Å². The molecule has 0 atom stereocenters. The normalized spacial score (nSPS) is 12.4. The second kappa shape index (κ2) is 10.3. The predicted octanol–water partition coefficient (Wildman–Crippen LogP) is 8.60. The van der Waals surface area contributed by atoms with Gasteiger partial charge in [-0.05, 0) is 59.0 Å². The highest BCUT2D eigenvalue weighted by Gasteiger charge is 2.23. The van der Waals surface area contributed by atoms with Gasteiger partial charge in [0.25, 0.3) is 7.55 Å². The molecular weight excluding hydrogens is 454 g/mol. The molecule has 0 aliphatic rings. The minimum Gasteiger partial charge on any atom is -0.286 e. The molecule has 0 unspecified atom stereocenters. The maximum atomic E-state index is 6.90. The second-order valence-electron chi connectivity index (χ2n) is 11.0. The van der Waals surface area contributed by atoms with Gasteiger partial charge in [0, 0.05) is 12.4 Å². The Morgan fingerprint density at radius 3 is 1.15 bits per heavy atom. The molecule has 0 aliphatic heterocycles. The highest BCUT2D eigenvalue weighted by atomic mass is 35.6. The van der Waals surface area contributed by atoms with Gasteiger partial charge in [-0.15, -0.1) is 11.1 Å². The van der Waals surface area contributed by atoms with E-state index in [1.165, 1.54) is 33.6 Å². The first-order chi connectivity index (χ1) is 15.8. The molecule has 1 heterocycles. The molecule has 0 amide bonds. The van der Waals surface area contributed by atoms with E-state index in [1.807, 2.05) is 0 Å². The Bertz CT molecular complexity index is 1070. The minimum atomic E-state index is -2.31. The maximum Gasteiger partial charge on any atom is 0.273 e. The van der Waals surface area contributed by atoms with Crippen molar-refractivity contribution in [3.8, 4) is 11.4 Å². The Balaban J connectivity index is 2.52. The van der Waals surface area contributed by atoms with E-state index in [0.717, 1.165) is 5.62 Å². The van der Waals surface area contributed by atoms with Crippen LogP contribution in [0.5, 0.6) is 0 Å². The first kappa shape index (κ1) is 26.6. The fourth-order valence-corrected chi connectivity index (χ4v) is 5.58. The van der Waals surface area contributed by atoms with Gasteiger partial charge < -0.3 is 0 Å². The van der Waals surface area contributed by atoms with E-state index in [2.05, 4.69) is 126 Å². The molecule has 3 nitrogen and oxygen atoms in total. The van der Waals surface area contributed by atoms with E-state index in [1.54, 1.807) is 0 Å². The van der Waals surface area contributed by atoms with Gasteiger partial charge in [-0.2, -0.15) is 0 Å². The third kappa shape index (κ3) is 5.44. The Morgan fingerprint density at radius 2 is 0.912 bits per heavy atom. The van der Waals surface area contributed by atoms with Crippen LogP contribution in [0.2, 0.25) is 13.1 Å². The van der Waals surface area contributed by atoms with Gasteiger partial charge in [0.1, 0.15) is 0 Å². The molecule has 34 heavy (non-hydrogen) atoms. The van der Waals surface area contributed by atoms with Crippen molar-refractivity contribution in [2.75, 3.05) is 0 Å². The van der Waals surface area contributed by atoms with Crippen LogP contribution in [0.1, 0.15) is 101 Å². The lowest BCUT2D eigenvalue weighted by Gasteiger charge is -2.23. The quantitative estimate of drug-likeness (QED) is 0.231. The lowest BCUT2D eigenvalue weighted by molar-refractivity contribution is 0.764. The number of hydrogen-bond donors (Lipinski definition) is 0. The van der Waals surface area contributed by atoms with E-state index in [0.29, 0.717) is 23.7 Å². The van der Waals surface area contributed by atoms with Gasteiger partial charge in [0.15, 0.2) is 0 Å². The van der Waals surface area contributed by atoms with Crippen LogP contribution in [0.25, 0.3) is 11.4 Å². The van der Waals surface area contributed by atoms with Crippen LogP contribution < -0.4 is 5.62 Å². The van der Waals surface area contributed by atoms with E-state index in [9.17, 15) is 0 Å². The SMILES string of the molecule is CC(C)c1cccc(C(C)C)c1-n1ccn(-c2c(C(C)C)cccc2C(C)C)c1=N[Si](C)(C)Cl. The van der Waals surface area contributed by atoms with Crippen LogP contribution in [0.3, 0.4) is 0 Å². The Kier molecular flexibility index (Phi) is 8.04. The lowest BCUT2D eigenvalue weighted by Crippen LogP contribution is -2.32. The molecule has 3 aromatic rings. The summed E-state index contributed by atoms with van der Waals surface area (Å²) in [5.74, 6) is 1.58. The van der Waals surface area contributed by atoms with Crippen LogP contribution in [0.15, 0.2) is 53.4 Å². The fourth-order valence-electron chi connectivity index (χ4n) is 4.66. The molecule has 0 fully saturated rings. The molecule has 2 aromatic carbocycles. The molecule has 184 valence electrons. The molecule has 0 saturated heterocycles. The summed E-state index contributed by atoms with van der Waals surface area (Å²) in [5, 5.41) is 0. The standard InChI is InChI=1S/C29H42ClN3Si/c1-19(2)23-13-11-14-24(20(3)4)27(23)32-17-18-33(29(32)31-34(9,10)30)28-25(21(5)6)15-12-16-26(28)22(7)8/h11-22H,1-10H3. The van der Waals surface area contributed by atoms with E-state index in [-0.39, 0.29) is 0 Å². The lowest BCUT2D eigenvalue weighted by atomic mass is 9.92. The van der Waals surface area contributed by atoms with Crippen molar-refractivity contribution in [2.45, 2.75) is 92.2 Å². The summed E-state index contributed by atoms with van der Waals surface area (Å²) >= 11 is 6.90. The topological polar surface area (TPSA) is 22.2 Å². The molecule has 0 N–H and O–H groups in total. The smallest absolute Gasteiger partial charge is 0.273 e. The van der Waals surface area contributed by atoms with Crippen molar-refractivity contribution in [1.29, 1.82) is 0 Å². The zero-order valence-electron chi connectivity index (χ0n) is 22.6. The maximum absolute atomic E-state index is 6.90. The van der Waals surface area contributed by atoms with Gasteiger partial charge in [-0.1, -0.05) is 91.8 Å². The van der Waals surface area contributed by atoms with E-state index in [4.69, 9.17) is 15.7 Å². The van der Waals surface area contributed by atoms with Crippen LogP contribution in [-0.2, 0) is 0 Å². The number of hydrogen-bond acceptors (Lipinski definition) is 1. The number of para-hydroxylation sites is 2. The third-order valence-corrected chi connectivity index (χ3v) is 7.31. The summed E-state index contributed by atoms with van der Waals surface area (Å²) in [5.41, 5.74) is 8.74. The molecule has 0 spiro atoms. The Hall–Kier alpha value is -2.04. The van der Waals surface area contributed by atoms with E-state index >= 15 is 0 Å². The number of halogens is 1. The monoisotopic (exact) mass is 495 g/mol. The zero-order valence-corrected chi connectivity index (χ0v) is 24.4. The first-order valence-corrected chi connectivity index (χ1v) is 16.6. The summed E-state index contributed by atoms with van der Waals surface area (Å²) in [4.78, 5) is 0. The van der Waals surface area contributed by atoms with Gasteiger partial charge in [0.2, 0.25) is 5.62 Å². The molecular formula is C29H42ClN3Si. The van der Waals surface area contributed by atoms with E-state index < -0.39 is 7.55 Å². The third-order valence-electron chi connectivity index (χ3n) is 6.33. The van der Waals surface area contributed by atoms with Crippen molar-refractivity contribution in [3.63, 3.8) is 0 Å². The molecule has 0 aliphatic carbocycles. The Morgan fingerprint density at radius 1 is 0.618 bits per heavy atom. The largest absolute Gasteiger partial charge is 0.286 e. The number of rotatable bonds is 7. The average molecular weight is 496 g/mol. The predicted molar refractivity (Wildman–Crippen MR) is 150 cm³/mol. The van der Waals surface area contributed by atoms with Crippen molar-refractivity contribution in [1.82, 2.24) is 9.13 Å². The molecule has 0 saturated carbocycles. The molecule has 3 rings (SSSR count). The summed E-state index contributed by atoms with van der Waals surface area (Å²) in [6, 6.07) is 13.4. The van der Waals surface area contributed by atoms with Crippen LogP contribution in [-0.4, -0.2) is 16.7 Å². The summed E-state index contributed by atoms with van der Waals surface area (Å²) in [6.45, 7) is 22.3. The zero-order chi connectivity index (χ0) is 25.4. The number of aromatic nitrogens is 2. The van der Waals surface area contributed by atoms with Gasteiger partial charge in [-0.3, -0.25) is 13.8 Å². The van der Waals surface area contributed by atoms with Crippen molar-refractivity contribution >= 4 is 18.6 Å².